The Kier molecular flexibility index (Phi) is 5.43. The third-order valence-corrected chi connectivity index (χ3v) is 8.36. The summed E-state index contributed by atoms with van der Waals surface area (Å²) in [6.07, 6.45) is 7.12. The highest BCUT2D eigenvalue weighted by Crippen LogP contribution is 2.60. The molecule has 29 heavy (non-hydrogen) atoms. The molecule has 0 spiro atoms. The van der Waals surface area contributed by atoms with Crippen molar-refractivity contribution in [2.45, 2.75) is 71.9 Å². The van der Waals surface area contributed by atoms with E-state index in [1.165, 1.54) is 19.3 Å². The van der Waals surface area contributed by atoms with Crippen molar-refractivity contribution in [3.05, 3.63) is 29.8 Å². The first kappa shape index (κ1) is 20.7. The Bertz CT molecular complexity index is 841. The van der Waals surface area contributed by atoms with Crippen LogP contribution in [0.3, 0.4) is 0 Å². The molecule has 4 aliphatic rings. The maximum atomic E-state index is 13.8. The van der Waals surface area contributed by atoms with Crippen LogP contribution in [0.1, 0.15) is 64.9 Å². The zero-order valence-electron chi connectivity index (χ0n) is 17.8. The molecule has 4 saturated carbocycles. The highest BCUT2D eigenvalue weighted by atomic mass is 32.2. The van der Waals surface area contributed by atoms with Crippen molar-refractivity contribution in [3.8, 4) is 5.75 Å². The molecule has 0 atom stereocenters. The Morgan fingerprint density at radius 2 is 1.72 bits per heavy atom. The molecule has 0 heterocycles. The van der Waals surface area contributed by atoms with E-state index in [2.05, 4.69) is 13.8 Å². The zero-order valence-corrected chi connectivity index (χ0v) is 18.6. The van der Waals surface area contributed by atoms with Gasteiger partial charge in [-0.2, -0.15) is 8.42 Å². The molecule has 6 heteroatoms. The van der Waals surface area contributed by atoms with Gasteiger partial charge in [-0.05, 0) is 94.7 Å². The van der Waals surface area contributed by atoms with Gasteiger partial charge in [0.25, 0.3) is 0 Å². The first-order valence-electron chi connectivity index (χ1n) is 11.0. The fourth-order valence-electron chi connectivity index (χ4n) is 6.26. The molecule has 0 radical (unpaired) electrons. The molecule has 0 aliphatic heterocycles. The van der Waals surface area contributed by atoms with Gasteiger partial charge in [-0.25, -0.2) is 0 Å². The number of amides is 1. The topological polar surface area (TPSA) is 63.7 Å². The van der Waals surface area contributed by atoms with Crippen LogP contribution in [0.25, 0.3) is 0 Å². The Morgan fingerprint density at radius 1 is 1.14 bits per heavy atom. The molecule has 4 fully saturated rings. The van der Waals surface area contributed by atoms with E-state index in [0.29, 0.717) is 18.2 Å². The van der Waals surface area contributed by atoms with Gasteiger partial charge in [0.05, 0.1) is 11.2 Å². The van der Waals surface area contributed by atoms with Gasteiger partial charge in [0, 0.05) is 12.6 Å². The molecule has 4 aliphatic carbocycles. The van der Waals surface area contributed by atoms with E-state index in [-0.39, 0.29) is 17.2 Å². The van der Waals surface area contributed by atoms with Gasteiger partial charge in [0.2, 0.25) is 5.91 Å². The fraction of sp³-hybridized carbons (Fsp3) is 0.696. The monoisotopic (exact) mass is 419 g/mol. The van der Waals surface area contributed by atoms with Gasteiger partial charge in [0.1, 0.15) is 5.75 Å². The van der Waals surface area contributed by atoms with Crippen LogP contribution in [0, 0.1) is 23.2 Å². The van der Waals surface area contributed by atoms with Crippen LogP contribution in [0.5, 0.6) is 5.75 Å². The molecule has 160 valence electrons. The number of carbonyl (C=O) groups excluding carboxylic acids is 1. The maximum Gasteiger partial charge on any atom is 0.308 e. The van der Waals surface area contributed by atoms with Crippen LogP contribution in [0.4, 0.5) is 0 Å². The summed E-state index contributed by atoms with van der Waals surface area (Å²) in [5.41, 5.74) is 0.735. The lowest BCUT2D eigenvalue weighted by Gasteiger charge is -2.57. The molecule has 5 nitrogen and oxygen atoms in total. The van der Waals surface area contributed by atoms with E-state index in [1.54, 1.807) is 25.1 Å². The number of hydrogen-bond acceptors (Lipinski definition) is 4. The highest BCUT2D eigenvalue weighted by Gasteiger charge is 2.55. The van der Waals surface area contributed by atoms with Crippen molar-refractivity contribution in [3.63, 3.8) is 0 Å². The second-order valence-corrected chi connectivity index (χ2v) is 11.7. The van der Waals surface area contributed by atoms with Crippen LogP contribution in [-0.2, 0) is 21.5 Å². The standard InChI is InChI=1S/C23H33NO4S/c1-4-29(26,27)28-21-7-5-6-17(11-21)15-24(16(2)3)22(25)23-12-18-8-19(13-23)10-20(9-18)14-23/h5-7,11,16,18-20H,4,8-10,12-15H2,1-3H3. The van der Waals surface area contributed by atoms with Crippen molar-refractivity contribution in [2.24, 2.45) is 23.2 Å². The third kappa shape index (κ3) is 4.18. The lowest BCUT2D eigenvalue weighted by Crippen LogP contribution is -2.55. The van der Waals surface area contributed by atoms with E-state index in [9.17, 15) is 13.2 Å². The summed E-state index contributed by atoms with van der Waals surface area (Å²) in [6.45, 7) is 6.19. The normalized spacial score (nSPS) is 30.6. The van der Waals surface area contributed by atoms with Gasteiger partial charge >= 0.3 is 10.1 Å². The van der Waals surface area contributed by atoms with Crippen LogP contribution >= 0.6 is 0 Å². The van der Waals surface area contributed by atoms with Gasteiger partial charge in [-0.15, -0.1) is 0 Å². The third-order valence-electron chi connectivity index (χ3n) is 7.20. The van der Waals surface area contributed by atoms with Crippen molar-refractivity contribution < 1.29 is 17.4 Å². The second kappa shape index (κ2) is 7.60. The first-order chi connectivity index (χ1) is 13.7. The quantitative estimate of drug-likeness (QED) is 0.616. The molecular weight excluding hydrogens is 386 g/mol. The average Bonchev–Trinajstić information content (AvgIpc) is 2.64. The highest BCUT2D eigenvalue weighted by molar-refractivity contribution is 7.87. The van der Waals surface area contributed by atoms with Gasteiger partial charge in [-0.3, -0.25) is 4.79 Å². The number of benzene rings is 1. The zero-order chi connectivity index (χ0) is 20.8. The summed E-state index contributed by atoms with van der Waals surface area (Å²) in [5.74, 6) is 2.75. The Labute approximate surface area is 174 Å². The summed E-state index contributed by atoms with van der Waals surface area (Å²) >= 11 is 0. The maximum absolute atomic E-state index is 13.8. The summed E-state index contributed by atoms with van der Waals surface area (Å²) < 4.78 is 28.7. The molecule has 1 aromatic carbocycles. The molecule has 0 saturated heterocycles. The van der Waals surface area contributed by atoms with Crippen LogP contribution in [0.15, 0.2) is 24.3 Å². The van der Waals surface area contributed by atoms with E-state index < -0.39 is 10.1 Å². The van der Waals surface area contributed by atoms with Gasteiger partial charge < -0.3 is 9.08 Å². The van der Waals surface area contributed by atoms with E-state index in [0.717, 1.165) is 42.6 Å². The van der Waals surface area contributed by atoms with Gasteiger partial charge in [0.15, 0.2) is 0 Å². The van der Waals surface area contributed by atoms with E-state index >= 15 is 0 Å². The molecule has 1 aromatic rings. The lowest BCUT2D eigenvalue weighted by atomic mass is 9.49. The van der Waals surface area contributed by atoms with Crippen LogP contribution in [-0.4, -0.2) is 31.0 Å². The van der Waals surface area contributed by atoms with Crippen molar-refractivity contribution in [1.29, 1.82) is 0 Å². The molecule has 0 aromatic heterocycles. The largest absolute Gasteiger partial charge is 0.382 e. The molecular formula is C23H33NO4S. The summed E-state index contributed by atoms with van der Waals surface area (Å²) in [6, 6.07) is 7.23. The molecule has 5 rings (SSSR count). The predicted octanol–water partition coefficient (Wildman–Crippen LogP) is 4.37. The minimum atomic E-state index is -3.56. The lowest BCUT2D eigenvalue weighted by molar-refractivity contribution is -0.160. The average molecular weight is 420 g/mol. The summed E-state index contributed by atoms with van der Waals surface area (Å²) in [4.78, 5) is 15.8. The van der Waals surface area contributed by atoms with Crippen LogP contribution < -0.4 is 4.18 Å². The smallest absolute Gasteiger partial charge is 0.308 e. The van der Waals surface area contributed by atoms with Crippen molar-refractivity contribution >= 4 is 16.0 Å². The minimum absolute atomic E-state index is 0.0696. The summed E-state index contributed by atoms with van der Waals surface area (Å²) in [5, 5.41) is 0. The van der Waals surface area contributed by atoms with Crippen molar-refractivity contribution in [2.75, 3.05) is 5.75 Å². The van der Waals surface area contributed by atoms with E-state index in [1.807, 2.05) is 11.0 Å². The Morgan fingerprint density at radius 3 is 2.24 bits per heavy atom. The van der Waals surface area contributed by atoms with Crippen LogP contribution in [0.2, 0.25) is 0 Å². The second-order valence-electron chi connectivity index (χ2n) is 9.80. The molecule has 4 bridgehead atoms. The molecule has 0 N–H and O–H groups in total. The van der Waals surface area contributed by atoms with Gasteiger partial charge in [-0.1, -0.05) is 12.1 Å². The Hall–Kier alpha value is -1.56. The molecule has 0 unspecified atom stereocenters. The minimum Gasteiger partial charge on any atom is -0.382 e. The fourth-order valence-corrected chi connectivity index (χ4v) is 6.78. The number of carbonyl (C=O) groups is 1. The SMILES string of the molecule is CCS(=O)(=O)Oc1cccc(CN(C(=O)C23CC4CC(CC(C4)C2)C3)C(C)C)c1. The Balaban J connectivity index is 1.54. The van der Waals surface area contributed by atoms with E-state index in [4.69, 9.17) is 4.18 Å². The number of rotatable bonds is 7. The first-order valence-corrected chi connectivity index (χ1v) is 12.6. The predicted molar refractivity (Wildman–Crippen MR) is 113 cm³/mol. The number of hydrogen-bond donors (Lipinski definition) is 0. The summed E-state index contributed by atoms with van der Waals surface area (Å²) in [7, 11) is -3.56. The molecule has 1 amide bonds. The van der Waals surface area contributed by atoms with Crippen molar-refractivity contribution in [1.82, 2.24) is 4.90 Å². The number of nitrogens with zero attached hydrogens (tertiary/aromatic N) is 1.